The molecule has 0 aliphatic heterocycles. The van der Waals surface area contributed by atoms with Crippen LogP contribution < -0.4 is 10.6 Å². The lowest BCUT2D eigenvalue weighted by atomic mass is 10.1. The average Bonchev–Trinajstić information content (AvgIpc) is 3.16. The highest BCUT2D eigenvalue weighted by atomic mass is 32.2. The Labute approximate surface area is 186 Å². The highest BCUT2D eigenvalue weighted by Crippen LogP contribution is 2.37. The number of ether oxygens (including phenoxy) is 1. The highest BCUT2D eigenvalue weighted by molar-refractivity contribution is 8.00. The van der Waals surface area contributed by atoms with E-state index in [9.17, 15) is 9.59 Å². The van der Waals surface area contributed by atoms with Crippen molar-refractivity contribution in [3.05, 3.63) is 83.4 Å². The molecule has 0 spiro atoms. The fourth-order valence-electron chi connectivity index (χ4n) is 3.69. The Morgan fingerprint density at radius 1 is 0.968 bits per heavy atom. The van der Waals surface area contributed by atoms with Gasteiger partial charge in [-0.3, -0.25) is 9.59 Å². The first-order valence-electron chi connectivity index (χ1n) is 10.2. The van der Waals surface area contributed by atoms with Crippen LogP contribution >= 0.6 is 11.8 Å². The van der Waals surface area contributed by atoms with E-state index in [2.05, 4.69) is 41.0 Å². The second-order valence-electron chi connectivity index (χ2n) is 7.29. The summed E-state index contributed by atoms with van der Waals surface area (Å²) in [5, 5.41) is 5.80. The third kappa shape index (κ3) is 4.98. The van der Waals surface area contributed by atoms with Crippen molar-refractivity contribution >= 4 is 29.3 Å². The van der Waals surface area contributed by atoms with E-state index in [-0.39, 0.29) is 17.6 Å². The quantitative estimate of drug-likeness (QED) is 0.321. The van der Waals surface area contributed by atoms with Gasteiger partial charge in [-0.15, -0.1) is 11.8 Å². The monoisotopic (exact) mass is 432 g/mol. The molecule has 5 nitrogen and oxygen atoms in total. The summed E-state index contributed by atoms with van der Waals surface area (Å²) in [5.41, 5.74) is 6.35. The van der Waals surface area contributed by atoms with Gasteiger partial charge >= 0.3 is 0 Å². The standard InChI is InChI=1S/C25H24N2O3S/c1-30-13-12-26-24(28)16-31-23-9-5-4-8-22(23)25(29)27-19-10-11-21-18(15-19)14-17-6-2-3-7-20(17)21/h2-11,15H,12-14,16H2,1H3,(H,26,28)(H,27,29). The molecule has 0 atom stereocenters. The normalized spacial score (nSPS) is 11.5. The van der Waals surface area contributed by atoms with Crippen LogP contribution in [-0.2, 0) is 16.0 Å². The molecule has 4 rings (SSSR count). The summed E-state index contributed by atoms with van der Waals surface area (Å²) in [6, 6.07) is 21.8. The smallest absolute Gasteiger partial charge is 0.256 e. The van der Waals surface area contributed by atoms with Crippen LogP contribution in [0, 0.1) is 0 Å². The number of carbonyl (C=O) groups excluding carboxylic acids is 2. The van der Waals surface area contributed by atoms with Crippen LogP contribution in [0.4, 0.5) is 5.69 Å². The van der Waals surface area contributed by atoms with Crippen LogP contribution in [0.3, 0.4) is 0 Å². The first kappa shape index (κ1) is 21.2. The van der Waals surface area contributed by atoms with Crippen LogP contribution in [0.15, 0.2) is 71.6 Å². The molecule has 3 aromatic carbocycles. The number of thioether (sulfide) groups is 1. The molecule has 6 heteroatoms. The van der Waals surface area contributed by atoms with Gasteiger partial charge in [0.25, 0.3) is 5.91 Å². The van der Waals surface area contributed by atoms with Gasteiger partial charge in [0.05, 0.1) is 17.9 Å². The lowest BCUT2D eigenvalue weighted by molar-refractivity contribution is -0.118. The molecule has 0 saturated carbocycles. The molecule has 1 aliphatic rings. The largest absolute Gasteiger partial charge is 0.383 e. The van der Waals surface area contributed by atoms with E-state index >= 15 is 0 Å². The lowest BCUT2D eigenvalue weighted by Crippen LogP contribution is -2.28. The summed E-state index contributed by atoms with van der Waals surface area (Å²) in [6.07, 6.45) is 0.875. The summed E-state index contributed by atoms with van der Waals surface area (Å²) < 4.78 is 4.93. The Hall–Kier alpha value is -3.09. The second-order valence-corrected chi connectivity index (χ2v) is 8.30. The zero-order chi connectivity index (χ0) is 21.6. The van der Waals surface area contributed by atoms with Gasteiger partial charge in [-0.1, -0.05) is 42.5 Å². The van der Waals surface area contributed by atoms with E-state index in [0.29, 0.717) is 18.7 Å². The van der Waals surface area contributed by atoms with Crippen LogP contribution in [0.2, 0.25) is 0 Å². The zero-order valence-corrected chi connectivity index (χ0v) is 18.1. The third-order valence-corrected chi connectivity index (χ3v) is 6.24. The van der Waals surface area contributed by atoms with Crippen molar-refractivity contribution < 1.29 is 14.3 Å². The molecule has 3 aromatic rings. The number of hydrogen-bond acceptors (Lipinski definition) is 4. The Morgan fingerprint density at radius 3 is 2.61 bits per heavy atom. The predicted octanol–water partition coefficient (Wildman–Crippen LogP) is 4.36. The fraction of sp³-hybridized carbons (Fsp3) is 0.200. The molecule has 0 unspecified atom stereocenters. The maximum atomic E-state index is 13.0. The molecule has 0 aromatic heterocycles. The summed E-state index contributed by atoms with van der Waals surface area (Å²) in [4.78, 5) is 25.7. The van der Waals surface area contributed by atoms with E-state index in [4.69, 9.17) is 4.74 Å². The molecular formula is C25H24N2O3S. The van der Waals surface area contributed by atoms with Crippen molar-refractivity contribution in [3.63, 3.8) is 0 Å². The molecule has 2 amide bonds. The molecule has 2 N–H and O–H groups in total. The number of fused-ring (bicyclic) bond motifs is 3. The number of methoxy groups -OCH3 is 1. The number of benzene rings is 3. The van der Waals surface area contributed by atoms with Gasteiger partial charge in [0.15, 0.2) is 0 Å². The molecule has 1 aliphatic carbocycles. The van der Waals surface area contributed by atoms with Crippen LogP contribution in [0.1, 0.15) is 21.5 Å². The first-order valence-corrected chi connectivity index (χ1v) is 11.1. The van der Waals surface area contributed by atoms with E-state index in [0.717, 1.165) is 17.0 Å². The van der Waals surface area contributed by atoms with Crippen molar-refractivity contribution in [2.24, 2.45) is 0 Å². The van der Waals surface area contributed by atoms with Gasteiger partial charge in [-0.05, 0) is 52.9 Å². The van der Waals surface area contributed by atoms with Gasteiger partial charge in [-0.2, -0.15) is 0 Å². The number of hydrogen-bond donors (Lipinski definition) is 2. The van der Waals surface area contributed by atoms with E-state index in [1.54, 1.807) is 13.2 Å². The number of nitrogens with one attached hydrogen (secondary N) is 2. The van der Waals surface area contributed by atoms with Gasteiger partial charge in [0.1, 0.15) is 0 Å². The van der Waals surface area contributed by atoms with E-state index < -0.39 is 0 Å². The van der Waals surface area contributed by atoms with Gasteiger partial charge < -0.3 is 15.4 Å². The van der Waals surface area contributed by atoms with Crippen molar-refractivity contribution in [2.45, 2.75) is 11.3 Å². The van der Waals surface area contributed by atoms with Crippen molar-refractivity contribution in [1.82, 2.24) is 5.32 Å². The van der Waals surface area contributed by atoms with Crippen LogP contribution in [0.25, 0.3) is 11.1 Å². The van der Waals surface area contributed by atoms with Crippen LogP contribution in [-0.4, -0.2) is 37.8 Å². The molecular weight excluding hydrogens is 408 g/mol. The molecule has 31 heavy (non-hydrogen) atoms. The lowest BCUT2D eigenvalue weighted by Gasteiger charge is -2.11. The molecule has 158 valence electrons. The SMILES string of the molecule is COCCNC(=O)CSc1ccccc1C(=O)Nc1ccc2c(c1)Cc1ccccc1-2. The van der Waals surface area contributed by atoms with Gasteiger partial charge in [0.2, 0.25) is 5.91 Å². The number of amides is 2. The number of anilines is 1. The summed E-state index contributed by atoms with van der Waals surface area (Å²) in [6.45, 7) is 0.946. The number of carbonyl (C=O) groups is 2. The minimum Gasteiger partial charge on any atom is -0.383 e. The van der Waals surface area contributed by atoms with Gasteiger partial charge in [-0.25, -0.2) is 0 Å². The predicted molar refractivity (Wildman–Crippen MR) is 125 cm³/mol. The Kier molecular flexibility index (Phi) is 6.70. The first-order chi connectivity index (χ1) is 15.2. The minimum atomic E-state index is -0.182. The van der Waals surface area contributed by atoms with Crippen molar-refractivity contribution in [2.75, 3.05) is 31.3 Å². The zero-order valence-electron chi connectivity index (χ0n) is 17.3. The summed E-state index contributed by atoms with van der Waals surface area (Å²) in [5.74, 6) is -0.0284. The third-order valence-electron chi connectivity index (χ3n) is 5.17. The topological polar surface area (TPSA) is 67.4 Å². The minimum absolute atomic E-state index is 0.0875. The Balaban J connectivity index is 1.43. The average molecular weight is 433 g/mol. The van der Waals surface area contributed by atoms with Crippen molar-refractivity contribution in [1.29, 1.82) is 0 Å². The maximum absolute atomic E-state index is 13.0. The van der Waals surface area contributed by atoms with Crippen molar-refractivity contribution in [3.8, 4) is 11.1 Å². The molecule has 0 saturated heterocycles. The molecule has 0 bridgehead atoms. The second kappa shape index (κ2) is 9.81. The number of rotatable bonds is 8. The van der Waals surface area contributed by atoms with Crippen LogP contribution in [0.5, 0.6) is 0 Å². The summed E-state index contributed by atoms with van der Waals surface area (Å²) >= 11 is 1.35. The Morgan fingerprint density at radius 2 is 1.74 bits per heavy atom. The molecule has 0 heterocycles. The Bertz CT molecular complexity index is 1110. The maximum Gasteiger partial charge on any atom is 0.256 e. The van der Waals surface area contributed by atoms with E-state index in [1.807, 2.05) is 30.3 Å². The highest BCUT2D eigenvalue weighted by Gasteiger charge is 2.19. The van der Waals surface area contributed by atoms with E-state index in [1.165, 1.54) is 34.0 Å². The molecule has 0 radical (unpaired) electrons. The van der Waals surface area contributed by atoms with Gasteiger partial charge in [0, 0.05) is 24.2 Å². The fourth-order valence-corrected chi connectivity index (χ4v) is 4.57. The molecule has 0 fully saturated rings. The summed E-state index contributed by atoms with van der Waals surface area (Å²) in [7, 11) is 1.59.